The molecule has 0 aliphatic heterocycles. The molecule has 76 valence electrons. The third-order valence-electron chi connectivity index (χ3n) is 2.47. The van der Waals surface area contributed by atoms with Crippen molar-refractivity contribution >= 4 is 17.6 Å². The number of rotatable bonds is 4. The minimum atomic E-state index is 0.991. The van der Waals surface area contributed by atoms with Crippen molar-refractivity contribution in [2.45, 2.75) is 19.3 Å². The number of hydrogen-bond donors (Lipinski definition) is 1. The van der Waals surface area contributed by atoms with Crippen LogP contribution in [0.15, 0.2) is 6.33 Å². The zero-order valence-electron chi connectivity index (χ0n) is 8.42. The van der Waals surface area contributed by atoms with Gasteiger partial charge >= 0.3 is 0 Å². The first-order valence-electron chi connectivity index (χ1n) is 4.97. The van der Waals surface area contributed by atoms with E-state index >= 15 is 0 Å². The lowest BCUT2D eigenvalue weighted by Gasteiger charge is -2.08. The third-order valence-corrected chi connectivity index (χ3v) is 3.09. The van der Waals surface area contributed by atoms with E-state index in [-0.39, 0.29) is 0 Å². The second kappa shape index (κ2) is 4.64. The number of hydrogen-bond acceptors (Lipinski definition) is 4. The lowest BCUT2D eigenvalue weighted by molar-refractivity contribution is 0.899. The number of nitrogens with zero attached hydrogens (tertiary/aromatic N) is 2. The fourth-order valence-electron chi connectivity index (χ4n) is 1.78. The molecule has 0 amide bonds. The molecule has 4 heteroatoms. The highest BCUT2D eigenvalue weighted by molar-refractivity contribution is 7.98. The van der Waals surface area contributed by atoms with Gasteiger partial charge in [0.2, 0.25) is 0 Å². The van der Waals surface area contributed by atoms with E-state index in [0.29, 0.717) is 0 Å². The van der Waals surface area contributed by atoms with Gasteiger partial charge in [-0.2, -0.15) is 11.8 Å². The molecule has 0 atom stereocenters. The van der Waals surface area contributed by atoms with Crippen molar-refractivity contribution in [1.29, 1.82) is 0 Å². The molecule has 1 N–H and O–H groups in total. The largest absolute Gasteiger partial charge is 0.369 e. The Kier molecular flexibility index (Phi) is 3.24. The first kappa shape index (κ1) is 9.77. The van der Waals surface area contributed by atoms with Crippen molar-refractivity contribution in [3.63, 3.8) is 0 Å². The van der Waals surface area contributed by atoms with Crippen LogP contribution in [-0.4, -0.2) is 28.5 Å². The highest BCUT2D eigenvalue weighted by Crippen LogP contribution is 2.24. The molecule has 3 nitrogen and oxygen atoms in total. The lowest BCUT2D eigenvalue weighted by Crippen LogP contribution is -2.08. The highest BCUT2D eigenvalue weighted by atomic mass is 32.2. The highest BCUT2D eigenvalue weighted by Gasteiger charge is 2.16. The molecule has 1 aromatic rings. The van der Waals surface area contributed by atoms with Crippen LogP contribution in [0.5, 0.6) is 0 Å². The van der Waals surface area contributed by atoms with Gasteiger partial charge in [-0.3, -0.25) is 0 Å². The molecule has 1 aromatic heterocycles. The molecule has 0 spiro atoms. The van der Waals surface area contributed by atoms with E-state index in [9.17, 15) is 0 Å². The maximum atomic E-state index is 4.29. The summed E-state index contributed by atoms with van der Waals surface area (Å²) in [7, 11) is 0. The van der Waals surface area contributed by atoms with Crippen LogP contribution in [-0.2, 0) is 12.8 Å². The Morgan fingerprint density at radius 2 is 2.36 bits per heavy atom. The molecule has 0 aromatic carbocycles. The van der Waals surface area contributed by atoms with E-state index in [1.165, 1.54) is 17.7 Å². The summed E-state index contributed by atoms with van der Waals surface area (Å²) in [5.41, 5.74) is 2.58. The fraction of sp³-hybridized carbons (Fsp3) is 0.600. The van der Waals surface area contributed by atoms with Crippen LogP contribution in [0.2, 0.25) is 0 Å². The van der Waals surface area contributed by atoms with E-state index in [1.54, 1.807) is 6.33 Å². The van der Waals surface area contributed by atoms with Gasteiger partial charge in [0, 0.05) is 23.6 Å². The molecule has 0 fully saturated rings. The summed E-state index contributed by atoms with van der Waals surface area (Å²) in [5, 5.41) is 3.37. The zero-order chi connectivity index (χ0) is 9.80. The van der Waals surface area contributed by atoms with Crippen LogP contribution < -0.4 is 5.32 Å². The fourth-order valence-corrected chi connectivity index (χ4v) is 2.09. The van der Waals surface area contributed by atoms with Crippen molar-refractivity contribution in [3.05, 3.63) is 17.6 Å². The monoisotopic (exact) mass is 209 g/mol. The molecule has 0 radical (unpaired) electrons. The van der Waals surface area contributed by atoms with Gasteiger partial charge in [0.25, 0.3) is 0 Å². The van der Waals surface area contributed by atoms with E-state index in [0.717, 1.165) is 31.0 Å². The predicted octanol–water partition coefficient (Wildman–Crippen LogP) is 1.74. The van der Waals surface area contributed by atoms with E-state index in [4.69, 9.17) is 0 Å². The summed E-state index contributed by atoms with van der Waals surface area (Å²) >= 11 is 1.85. The average Bonchev–Trinajstić information content (AvgIpc) is 2.67. The van der Waals surface area contributed by atoms with Gasteiger partial charge in [0.15, 0.2) is 0 Å². The minimum Gasteiger partial charge on any atom is -0.369 e. The molecule has 0 unspecified atom stereocenters. The summed E-state index contributed by atoms with van der Waals surface area (Å²) in [6.07, 6.45) is 7.27. The number of nitrogens with one attached hydrogen (secondary N) is 1. The molecule has 0 saturated heterocycles. The van der Waals surface area contributed by atoms with Crippen molar-refractivity contribution in [1.82, 2.24) is 9.97 Å². The molecular formula is C10H15N3S. The standard InChI is InChI=1S/C10H15N3S/c1-14-6-5-11-10-8-3-2-4-9(8)12-7-13-10/h7H,2-6H2,1H3,(H,11,12,13). The van der Waals surface area contributed by atoms with Gasteiger partial charge in [0.1, 0.15) is 12.1 Å². The van der Waals surface area contributed by atoms with E-state index < -0.39 is 0 Å². The Morgan fingerprint density at radius 3 is 3.21 bits per heavy atom. The number of anilines is 1. The number of aryl methyl sites for hydroxylation is 1. The summed E-state index contributed by atoms with van der Waals surface area (Å²) in [4.78, 5) is 8.58. The van der Waals surface area contributed by atoms with Crippen LogP contribution >= 0.6 is 11.8 Å². The van der Waals surface area contributed by atoms with Crippen LogP contribution in [0.4, 0.5) is 5.82 Å². The Labute approximate surface area is 88.7 Å². The van der Waals surface area contributed by atoms with Crippen LogP contribution in [0.25, 0.3) is 0 Å². The predicted molar refractivity (Wildman–Crippen MR) is 60.9 cm³/mol. The summed E-state index contributed by atoms with van der Waals surface area (Å²) in [6.45, 7) is 0.991. The molecule has 0 bridgehead atoms. The van der Waals surface area contributed by atoms with E-state index in [2.05, 4.69) is 21.5 Å². The topological polar surface area (TPSA) is 37.8 Å². The SMILES string of the molecule is CSCCNc1ncnc2c1CCC2. The minimum absolute atomic E-state index is 0.991. The molecule has 14 heavy (non-hydrogen) atoms. The number of fused-ring (bicyclic) bond motifs is 1. The number of aromatic nitrogens is 2. The van der Waals surface area contributed by atoms with Gasteiger partial charge in [-0.1, -0.05) is 0 Å². The number of thioether (sulfide) groups is 1. The normalized spacial score (nSPS) is 14.1. The maximum absolute atomic E-state index is 4.29. The molecule has 1 aliphatic rings. The lowest BCUT2D eigenvalue weighted by atomic mass is 10.2. The van der Waals surface area contributed by atoms with Crippen molar-refractivity contribution < 1.29 is 0 Å². The van der Waals surface area contributed by atoms with Crippen molar-refractivity contribution in [2.75, 3.05) is 23.9 Å². The molecule has 1 heterocycles. The van der Waals surface area contributed by atoms with Gasteiger partial charge in [-0.05, 0) is 25.5 Å². The summed E-state index contributed by atoms with van der Waals surface area (Å²) in [5.74, 6) is 2.18. The van der Waals surface area contributed by atoms with Gasteiger partial charge in [-0.15, -0.1) is 0 Å². The molecular weight excluding hydrogens is 194 g/mol. The zero-order valence-corrected chi connectivity index (χ0v) is 9.23. The first-order chi connectivity index (χ1) is 6.92. The van der Waals surface area contributed by atoms with Crippen LogP contribution in [0, 0.1) is 0 Å². The van der Waals surface area contributed by atoms with Crippen molar-refractivity contribution in [2.24, 2.45) is 0 Å². The molecule has 1 aliphatic carbocycles. The van der Waals surface area contributed by atoms with Gasteiger partial charge < -0.3 is 5.32 Å². The average molecular weight is 209 g/mol. The quantitative estimate of drug-likeness (QED) is 0.767. The third kappa shape index (κ3) is 2.00. The second-order valence-corrected chi connectivity index (χ2v) is 4.41. The van der Waals surface area contributed by atoms with Gasteiger partial charge in [-0.25, -0.2) is 9.97 Å². The van der Waals surface area contributed by atoms with Crippen LogP contribution in [0.1, 0.15) is 17.7 Å². The summed E-state index contributed by atoms with van der Waals surface area (Å²) < 4.78 is 0. The molecule has 0 saturated carbocycles. The van der Waals surface area contributed by atoms with Crippen molar-refractivity contribution in [3.8, 4) is 0 Å². The first-order valence-corrected chi connectivity index (χ1v) is 6.37. The maximum Gasteiger partial charge on any atom is 0.132 e. The van der Waals surface area contributed by atoms with E-state index in [1.807, 2.05) is 11.8 Å². The Morgan fingerprint density at radius 1 is 1.43 bits per heavy atom. The Bertz CT molecular complexity index is 314. The second-order valence-electron chi connectivity index (χ2n) is 3.42. The van der Waals surface area contributed by atoms with Gasteiger partial charge in [0.05, 0.1) is 0 Å². The molecule has 2 rings (SSSR count). The Hall–Kier alpha value is -0.770. The van der Waals surface area contributed by atoms with Crippen LogP contribution in [0.3, 0.4) is 0 Å². The Balaban J connectivity index is 2.06. The smallest absolute Gasteiger partial charge is 0.132 e. The summed E-state index contributed by atoms with van der Waals surface area (Å²) in [6, 6.07) is 0.